The van der Waals surface area contributed by atoms with E-state index in [0.717, 1.165) is 14.3 Å². The van der Waals surface area contributed by atoms with Crippen LogP contribution in [0.3, 0.4) is 0 Å². The summed E-state index contributed by atoms with van der Waals surface area (Å²) in [7, 11) is 0. The van der Waals surface area contributed by atoms with Gasteiger partial charge in [-0.3, -0.25) is 0 Å². The molecule has 0 spiro atoms. The Labute approximate surface area is 160 Å². The minimum atomic E-state index is -1.29. The summed E-state index contributed by atoms with van der Waals surface area (Å²) in [6.07, 6.45) is 1.29. The van der Waals surface area contributed by atoms with E-state index < -0.39 is 5.97 Å². The highest BCUT2D eigenvalue weighted by Gasteiger charge is 2.08. The molecule has 0 radical (unpaired) electrons. The SMILES string of the molecule is [N-]=[N+]=N/C(=C\c1ccc(Sc2ccc(Cl)c(Cl)c2)c(Br)c1)C(=O)O. The number of nitrogens with zero attached hydrogens (tertiary/aromatic N) is 3. The van der Waals surface area contributed by atoms with Crippen LogP contribution in [0.4, 0.5) is 0 Å². The van der Waals surface area contributed by atoms with Crippen molar-refractivity contribution in [3.8, 4) is 0 Å². The van der Waals surface area contributed by atoms with Gasteiger partial charge in [-0.2, -0.15) is 0 Å². The first-order valence-electron chi connectivity index (χ1n) is 6.33. The average molecular weight is 445 g/mol. The number of hydrogen-bond donors (Lipinski definition) is 1. The molecule has 0 fully saturated rings. The number of benzene rings is 2. The number of carbonyl (C=O) groups is 1. The van der Waals surface area contributed by atoms with Crippen LogP contribution in [-0.4, -0.2) is 11.1 Å². The molecule has 122 valence electrons. The normalized spacial score (nSPS) is 11.0. The minimum Gasteiger partial charge on any atom is -0.478 e. The van der Waals surface area contributed by atoms with Crippen molar-refractivity contribution in [2.45, 2.75) is 9.79 Å². The molecule has 0 amide bonds. The lowest BCUT2D eigenvalue weighted by Crippen LogP contribution is -1.96. The lowest BCUT2D eigenvalue weighted by Gasteiger charge is -2.07. The highest BCUT2D eigenvalue weighted by Crippen LogP contribution is 2.36. The molecule has 0 atom stereocenters. The van der Waals surface area contributed by atoms with Crippen molar-refractivity contribution in [2.24, 2.45) is 5.11 Å². The zero-order valence-corrected chi connectivity index (χ0v) is 15.7. The van der Waals surface area contributed by atoms with E-state index >= 15 is 0 Å². The molecular weight excluding hydrogens is 437 g/mol. The average Bonchev–Trinajstić information content (AvgIpc) is 2.53. The van der Waals surface area contributed by atoms with Gasteiger partial charge in [0, 0.05) is 19.2 Å². The fourth-order valence-corrected chi connectivity index (χ4v) is 3.56. The fraction of sp³-hybridized carbons (Fsp3) is 0. The standard InChI is InChI=1S/C15H8BrCl2N3O2S/c16-10-5-8(6-13(15(22)23)20-21-19)1-4-14(10)24-9-2-3-11(17)12(18)7-9/h1-7H,(H,22,23)/b13-6-. The molecule has 0 aliphatic rings. The van der Waals surface area contributed by atoms with Crippen molar-refractivity contribution < 1.29 is 9.90 Å². The van der Waals surface area contributed by atoms with Crippen molar-refractivity contribution in [1.29, 1.82) is 0 Å². The molecule has 2 aromatic carbocycles. The molecule has 0 unspecified atom stereocenters. The third-order valence-corrected chi connectivity index (χ3v) is 5.47. The van der Waals surface area contributed by atoms with Crippen LogP contribution in [0, 0.1) is 0 Å². The van der Waals surface area contributed by atoms with E-state index in [1.807, 2.05) is 12.1 Å². The number of azide groups is 1. The first-order valence-corrected chi connectivity index (χ1v) is 8.70. The summed E-state index contributed by atoms with van der Waals surface area (Å²) in [5.41, 5.74) is 8.60. The Hall–Kier alpha value is -1.63. The van der Waals surface area contributed by atoms with Crippen molar-refractivity contribution in [1.82, 2.24) is 0 Å². The van der Waals surface area contributed by atoms with Crippen LogP contribution in [0.1, 0.15) is 5.56 Å². The van der Waals surface area contributed by atoms with Gasteiger partial charge >= 0.3 is 5.97 Å². The Morgan fingerprint density at radius 3 is 2.58 bits per heavy atom. The van der Waals surface area contributed by atoms with Gasteiger partial charge in [-0.05, 0) is 63.4 Å². The number of aliphatic carboxylic acids is 1. The van der Waals surface area contributed by atoms with Crippen LogP contribution in [0.15, 0.2) is 61.5 Å². The molecule has 0 bridgehead atoms. The van der Waals surface area contributed by atoms with Crippen LogP contribution in [0.5, 0.6) is 0 Å². The van der Waals surface area contributed by atoms with Crippen LogP contribution < -0.4 is 0 Å². The van der Waals surface area contributed by atoms with Crippen LogP contribution in [0.2, 0.25) is 10.0 Å². The molecule has 2 aromatic rings. The molecule has 0 saturated heterocycles. The van der Waals surface area contributed by atoms with Crippen LogP contribution in [0.25, 0.3) is 16.5 Å². The summed E-state index contributed by atoms with van der Waals surface area (Å²) in [5.74, 6) is -1.29. The highest BCUT2D eigenvalue weighted by atomic mass is 79.9. The smallest absolute Gasteiger partial charge is 0.338 e. The van der Waals surface area contributed by atoms with Crippen LogP contribution in [-0.2, 0) is 4.79 Å². The number of halogens is 3. The predicted octanol–water partition coefficient (Wildman–Crippen LogP) is 6.64. The Bertz CT molecular complexity index is 879. The van der Waals surface area contributed by atoms with E-state index in [4.69, 9.17) is 33.8 Å². The van der Waals surface area contributed by atoms with Gasteiger partial charge in [-0.1, -0.05) is 46.1 Å². The molecule has 0 aliphatic heterocycles. The van der Waals surface area contributed by atoms with E-state index in [-0.39, 0.29) is 5.70 Å². The first kappa shape index (κ1) is 18.7. The quantitative estimate of drug-likeness (QED) is 0.242. The van der Waals surface area contributed by atoms with Crippen molar-refractivity contribution in [2.75, 3.05) is 0 Å². The zero-order valence-electron chi connectivity index (χ0n) is 11.8. The molecule has 5 nitrogen and oxygen atoms in total. The van der Waals surface area contributed by atoms with E-state index in [1.54, 1.807) is 24.3 Å². The number of carboxylic acid groups (broad SMARTS) is 1. The Morgan fingerprint density at radius 2 is 2.00 bits per heavy atom. The van der Waals surface area contributed by atoms with Crippen molar-refractivity contribution in [3.63, 3.8) is 0 Å². The number of hydrogen-bond acceptors (Lipinski definition) is 3. The molecule has 0 heterocycles. The topological polar surface area (TPSA) is 86.1 Å². The number of rotatable bonds is 5. The van der Waals surface area contributed by atoms with Crippen molar-refractivity contribution >= 4 is 62.9 Å². The number of carboxylic acids is 1. The second kappa shape index (κ2) is 8.46. The van der Waals surface area contributed by atoms with Gasteiger partial charge in [0.05, 0.1) is 10.0 Å². The lowest BCUT2D eigenvalue weighted by atomic mass is 10.2. The fourth-order valence-electron chi connectivity index (χ4n) is 1.70. The van der Waals surface area contributed by atoms with E-state index in [9.17, 15) is 4.79 Å². The molecule has 24 heavy (non-hydrogen) atoms. The Morgan fingerprint density at radius 1 is 1.25 bits per heavy atom. The molecule has 9 heteroatoms. The van der Waals surface area contributed by atoms with Gasteiger partial charge in [-0.25, -0.2) is 4.79 Å². The summed E-state index contributed by atoms with van der Waals surface area (Å²) in [4.78, 5) is 15.3. The minimum absolute atomic E-state index is 0.380. The lowest BCUT2D eigenvalue weighted by molar-refractivity contribution is -0.132. The summed E-state index contributed by atoms with van der Waals surface area (Å²) < 4.78 is 0.762. The van der Waals surface area contributed by atoms with E-state index in [2.05, 4.69) is 26.0 Å². The molecule has 0 saturated carbocycles. The third kappa shape index (κ3) is 4.93. The molecule has 2 rings (SSSR count). The second-order valence-corrected chi connectivity index (χ2v) is 7.18. The Balaban J connectivity index is 2.29. The van der Waals surface area contributed by atoms with E-state index in [0.29, 0.717) is 15.6 Å². The summed E-state index contributed by atoms with van der Waals surface area (Å²) >= 11 is 16.8. The molecule has 0 aromatic heterocycles. The van der Waals surface area contributed by atoms with Crippen molar-refractivity contribution in [3.05, 3.63) is 72.6 Å². The second-order valence-electron chi connectivity index (χ2n) is 4.39. The summed E-state index contributed by atoms with van der Waals surface area (Å²) in [6, 6.07) is 10.6. The molecular formula is C15H8BrCl2N3O2S. The van der Waals surface area contributed by atoms with Gasteiger partial charge in [-0.15, -0.1) is 0 Å². The third-order valence-electron chi connectivity index (χ3n) is 2.75. The maximum Gasteiger partial charge on any atom is 0.338 e. The monoisotopic (exact) mass is 443 g/mol. The predicted molar refractivity (Wildman–Crippen MR) is 99.5 cm³/mol. The summed E-state index contributed by atoms with van der Waals surface area (Å²) in [6.45, 7) is 0. The first-order chi connectivity index (χ1) is 11.4. The van der Waals surface area contributed by atoms with Gasteiger partial charge in [0.2, 0.25) is 0 Å². The van der Waals surface area contributed by atoms with Gasteiger partial charge in [0.15, 0.2) is 0 Å². The van der Waals surface area contributed by atoms with E-state index in [1.165, 1.54) is 17.8 Å². The maximum atomic E-state index is 11.0. The highest BCUT2D eigenvalue weighted by molar-refractivity contribution is 9.10. The van der Waals surface area contributed by atoms with Gasteiger partial charge in [0.1, 0.15) is 5.70 Å². The van der Waals surface area contributed by atoms with Crippen LogP contribution >= 0.6 is 50.9 Å². The largest absolute Gasteiger partial charge is 0.478 e. The summed E-state index contributed by atoms with van der Waals surface area (Å²) in [5, 5.41) is 13.1. The zero-order chi connectivity index (χ0) is 17.7. The Kier molecular flexibility index (Phi) is 6.60. The maximum absolute atomic E-state index is 11.0. The van der Waals surface area contributed by atoms with Gasteiger partial charge < -0.3 is 5.11 Å². The molecule has 0 aliphatic carbocycles. The van der Waals surface area contributed by atoms with Gasteiger partial charge in [0.25, 0.3) is 0 Å². The molecule has 1 N–H and O–H groups in total.